The van der Waals surface area contributed by atoms with E-state index in [1.54, 1.807) is 7.11 Å². The lowest BCUT2D eigenvalue weighted by atomic mass is 10.1. The summed E-state index contributed by atoms with van der Waals surface area (Å²) in [6, 6.07) is 8.06. The van der Waals surface area contributed by atoms with Crippen LogP contribution in [-0.2, 0) is 11.3 Å². The van der Waals surface area contributed by atoms with E-state index < -0.39 is 0 Å². The third kappa shape index (κ3) is 3.98. The van der Waals surface area contributed by atoms with Crippen LogP contribution in [0.15, 0.2) is 33.7 Å². The van der Waals surface area contributed by atoms with E-state index in [9.17, 15) is 0 Å². The first kappa shape index (κ1) is 15.4. The van der Waals surface area contributed by atoms with Gasteiger partial charge in [0.25, 0.3) is 0 Å². The zero-order chi connectivity index (χ0) is 15.1. The summed E-state index contributed by atoms with van der Waals surface area (Å²) in [6.45, 7) is 6.82. The van der Waals surface area contributed by atoms with Gasteiger partial charge >= 0.3 is 0 Å². The van der Waals surface area contributed by atoms with Crippen LogP contribution in [-0.4, -0.2) is 32.8 Å². The number of furan rings is 1. The van der Waals surface area contributed by atoms with Crippen LogP contribution in [0.3, 0.4) is 0 Å². The van der Waals surface area contributed by atoms with Crippen molar-refractivity contribution in [2.24, 2.45) is 4.99 Å². The molecule has 0 unspecified atom stereocenters. The molecule has 0 bridgehead atoms. The van der Waals surface area contributed by atoms with Crippen molar-refractivity contribution in [1.82, 2.24) is 10.6 Å². The van der Waals surface area contributed by atoms with Crippen LogP contribution in [0.25, 0.3) is 11.0 Å². The molecule has 0 amide bonds. The molecule has 0 saturated carbocycles. The van der Waals surface area contributed by atoms with Crippen LogP contribution in [0.4, 0.5) is 0 Å². The molecule has 0 spiro atoms. The van der Waals surface area contributed by atoms with Crippen LogP contribution in [0.2, 0.25) is 0 Å². The average molecular weight is 289 g/mol. The number of guanidine groups is 1. The standard InChI is InChI=1S/C16H23N3O2/c1-4-17-16(18-9-10-20-3)19-11-15-12(2)13-7-5-6-8-14(13)21-15/h5-8H,4,9-11H2,1-3H3,(H2,17,18,19). The van der Waals surface area contributed by atoms with Gasteiger partial charge in [0.2, 0.25) is 0 Å². The highest BCUT2D eigenvalue weighted by atomic mass is 16.5. The normalized spacial score (nSPS) is 11.9. The number of ether oxygens (including phenoxy) is 1. The predicted molar refractivity (Wildman–Crippen MR) is 85.6 cm³/mol. The molecule has 2 aromatic rings. The largest absolute Gasteiger partial charge is 0.459 e. The van der Waals surface area contributed by atoms with Crippen LogP contribution >= 0.6 is 0 Å². The summed E-state index contributed by atoms with van der Waals surface area (Å²) in [5, 5.41) is 7.58. The van der Waals surface area contributed by atoms with Gasteiger partial charge in [0.1, 0.15) is 17.9 Å². The van der Waals surface area contributed by atoms with Gasteiger partial charge in [-0.05, 0) is 19.9 Å². The highest BCUT2D eigenvalue weighted by molar-refractivity contribution is 5.82. The molecule has 2 rings (SSSR count). The van der Waals surface area contributed by atoms with Crippen molar-refractivity contribution < 1.29 is 9.15 Å². The summed E-state index contributed by atoms with van der Waals surface area (Å²) < 4.78 is 10.9. The number of aryl methyl sites for hydroxylation is 1. The molecule has 21 heavy (non-hydrogen) atoms. The average Bonchev–Trinajstić information content (AvgIpc) is 2.82. The lowest BCUT2D eigenvalue weighted by molar-refractivity contribution is 0.203. The topological polar surface area (TPSA) is 58.8 Å². The molecule has 0 fully saturated rings. The molecule has 1 heterocycles. The van der Waals surface area contributed by atoms with Crippen molar-refractivity contribution in [3.63, 3.8) is 0 Å². The molecule has 5 heteroatoms. The maximum absolute atomic E-state index is 5.87. The van der Waals surface area contributed by atoms with E-state index in [1.807, 2.05) is 25.1 Å². The molecule has 0 aliphatic heterocycles. The van der Waals surface area contributed by atoms with E-state index in [1.165, 1.54) is 0 Å². The van der Waals surface area contributed by atoms with Gasteiger partial charge in [-0.15, -0.1) is 0 Å². The van der Waals surface area contributed by atoms with E-state index >= 15 is 0 Å². The maximum atomic E-state index is 5.87. The van der Waals surface area contributed by atoms with Crippen LogP contribution in [0.1, 0.15) is 18.2 Å². The zero-order valence-electron chi connectivity index (χ0n) is 12.9. The summed E-state index contributed by atoms with van der Waals surface area (Å²) >= 11 is 0. The molecule has 0 saturated heterocycles. The van der Waals surface area contributed by atoms with Crippen LogP contribution in [0.5, 0.6) is 0 Å². The van der Waals surface area contributed by atoms with Gasteiger partial charge in [-0.25, -0.2) is 4.99 Å². The minimum absolute atomic E-state index is 0.517. The number of nitrogens with one attached hydrogen (secondary N) is 2. The van der Waals surface area contributed by atoms with Crippen molar-refractivity contribution in [3.05, 3.63) is 35.6 Å². The molecule has 0 aliphatic rings. The highest BCUT2D eigenvalue weighted by Crippen LogP contribution is 2.25. The second-order valence-corrected chi connectivity index (χ2v) is 4.76. The minimum atomic E-state index is 0.517. The number of aliphatic imine (C=N–C) groups is 1. The van der Waals surface area contributed by atoms with Crippen LogP contribution in [0, 0.1) is 6.92 Å². The fraction of sp³-hybridized carbons (Fsp3) is 0.438. The SMILES string of the molecule is CCNC(=NCc1oc2ccccc2c1C)NCCOC. The van der Waals surface area contributed by atoms with E-state index in [4.69, 9.17) is 9.15 Å². The molecule has 0 atom stereocenters. The third-order valence-electron chi connectivity index (χ3n) is 3.27. The summed E-state index contributed by atoms with van der Waals surface area (Å²) in [7, 11) is 1.68. The lowest BCUT2D eigenvalue weighted by Gasteiger charge is -2.10. The molecule has 1 aromatic heterocycles. The molecule has 114 valence electrons. The van der Waals surface area contributed by atoms with Gasteiger partial charge in [0.05, 0.1) is 6.61 Å². The summed E-state index contributed by atoms with van der Waals surface area (Å²) in [4.78, 5) is 4.56. The first-order valence-corrected chi connectivity index (χ1v) is 7.24. The minimum Gasteiger partial charge on any atom is -0.459 e. The number of para-hydroxylation sites is 1. The van der Waals surface area contributed by atoms with Gasteiger partial charge in [0, 0.05) is 31.1 Å². The second-order valence-electron chi connectivity index (χ2n) is 4.76. The fourth-order valence-corrected chi connectivity index (χ4v) is 2.14. The molecular formula is C16H23N3O2. The lowest BCUT2D eigenvalue weighted by Crippen LogP contribution is -2.38. The Morgan fingerprint density at radius 3 is 2.81 bits per heavy atom. The molecule has 0 radical (unpaired) electrons. The van der Waals surface area contributed by atoms with E-state index in [0.717, 1.165) is 41.3 Å². The molecule has 5 nitrogen and oxygen atoms in total. The number of hydrogen-bond acceptors (Lipinski definition) is 3. The zero-order valence-corrected chi connectivity index (χ0v) is 12.9. The second kappa shape index (κ2) is 7.69. The van der Waals surface area contributed by atoms with Gasteiger partial charge in [-0.3, -0.25) is 0 Å². The Morgan fingerprint density at radius 2 is 2.10 bits per heavy atom. The first-order chi connectivity index (χ1) is 10.3. The van der Waals surface area contributed by atoms with E-state index in [-0.39, 0.29) is 0 Å². The van der Waals surface area contributed by atoms with Crippen molar-refractivity contribution in [3.8, 4) is 0 Å². The Labute approximate surface area is 125 Å². The number of fused-ring (bicyclic) bond motifs is 1. The van der Waals surface area contributed by atoms with Gasteiger partial charge < -0.3 is 19.8 Å². The Bertz CT molecular complexity index is 605. The van der Waals surface area contributed by atoms with Crippen LogP contribution < -0.4 is 10.6 Å². The number of benzene rings is 1. The molecule has 2 N–H and O–H groups in total. The Hall–Kier alpha value is -2.01. The van der Waals surface area contributed by atoms with Gasteiger partial charge in [-0.2, -0.15) is 0 Å². The molecular weight excluding hydrogens is 266 g/mol. The Morgan fingerprint density at radius 1 is 1.29 bits per heavy atom. The maximum Gasteiger partial charge on any atom is 0.191 e. The number of hydrogen-bond donors (Lipinski definition) is 2. The quantitative estimate of drug-likeness (QED) is 0.487. The van der Waals surface area contributed by atoms with Crippen molar-refractivity contribution >= 4 is 16.9 Å². The summed E-state index contributed by atoms with van der Waals surface area (Å²) in [5.41, 5.74) is 2.07. The highest BCUT2D eigenvalue weighted by Gasteiger charge is 2.09. The van der Waals surface area contributed by atoms with E-state index in [0.29, 0.717) is 13.2 Å². The van der Waals surface area contributed by atoms with E-state index in [2.05, 4.69) is 28.6 Å². The number of nitrogens with zero attached hydrogens (tertiary/aromatic N) is 1. The number of methoxy groups -OCH3 is 1. The third-order valence-corrected chi connectivity index (χ3v) is 3.27. The number of rotatable bonds is 6. The summed E-state index contributed by atoms with van der Waals surface area (Å²) in [6.07, 6.45) is 0. The van der Waals surface area contributed by atoms with Gasteiger partial charge in [0.15, 0.2) is 5.96 Å². The Kier molecular flexibility index (Phi) is 5.63. The molecule has 0 aliphatic carbocycles. The predicted octanol–water partition coefficient (Wildman–Crippen LogP) is 2.44. The smallest absolute Gasteiger partial charge is 0.191 e. The van der Waals surface area contributed by atoms with Gasteiger partial charge in [-0.1, -0.05) is 18.2 Å². The fourth-order valence-electron chi connectivity index (χ4n) is 2.14. The molecule has 1 aromatic carbocycles. The monoisotopic (exact) mass is 289 g/mol. The Balaban J connectivity index is 2.09. The first-order valence-electron chi connectivity index (χ1n) is 7.24. The van der Waals surface area contributed by atoms with Crippen molar-refractivity contribution in [2.75, 3.05) is 26.8 Å². The van der Waals surface area contributed by atoms with Crippen molar-refractivity contribution in [2.45, 2.75) is 20.4 Å². The van der Waals surface area contributed by atoms with Crippen molar-refractivity contribution in [1.29, 1.82) is 0 Å². The summed E-state index contributed by atoms with van der Waals surface area (Å²) in [5.74, 6) is 1.68.